The van der Waals surface area contributed by atoms with Gasteiger partial charge in [-0.25, -0.2) is 4.79 Å². The largest absolute Gasteiger partial charge is 0.497 e. The Labute approximate surface area is 337 Å². The minimum atomic E-state index is -0.612. The van der Waals surface area contributed by atoms with Gasteiger partial charge in [-0.05, 0) is 106 Å². The fourth-order valence-corrected chi connectivity index (χ4v) is 8.08. The third-order valence-electron chi connectivity index (χ3n) is 11.0. The molecule has 0 atom stereocenters. The fraction of sp³-hybridized carbons (Fsp3) is 0.370. The standard InChI is InChI=1S/C46H48N4O8/c1-29-10-12-31(13-11-29)45(53)50-30(2)39(40-27-37(55-3)14-15-41(40)50)26-36(51)8-6-19-56-21-22-57-20-16-48-44(52)35(28-47)25-34-24-33-23-32-7-4-17-49-18-5-9-38(42(32)49)43(33)58-46(34)54/h10-15,23-25,27H,4-9,16-22,26H2,1-3H3,(H,48,52). The molecular formula is C46H48N4O8. The van der Waals surface area contributed by atoms with Gasteiger partial charge in [-0.3, -0.25) is 19.0 Å². The molecule has 4 heterocycles. The first-order chi connectivity index (χ1) is 28.2. The zero-order valence-electron chi connectivity index (χ0n) is 33.3. The Balaban J connectivity index is 0.844. The molecule has 0 spiro atoms. The van der Waals surface area contributed by atoms with E-state index in [9.17, 15) is 24.4 Å². The number of carbonyl (C=O) groups excluding carboxylic acids is 3. The number of hydrogen-bond donors (Lipinski definition) is 1. The maximum Gasteiger partial charge on any atom is 0.343 e. The number of nitriles is 1. The fourth-order valence-electron chi connectivity index (χ4n) is 8.08. The Morgan fingerprint density at radius 2 is 1.71 bits per heavy atom. The SMILES string of the molecule is COc1ccc2c(c1)c(CC(=O)CCCOCCOCCNC(=O)C(C#N)=Cc1cc3cc4c5c(c3oc1=O)CCCN5CCC4)c(C)n2C(=O)c1ccc(C)cc1. The summed E-state index contributed by atoms with van der Waals surface area (Å²) in [7, 11) is 1.59. The molecule has 12 heteroatoms. The molecule has 0 radical (unpaired) electrons. The van der Waals surface area contributed by atoms with Gasteiger partial charge in [0.05, 0.1) is 38.0 Å². The summed E-state index contributed by atoms with van der Waals surface area (Å²) in [5, 5.41) is 14.0. The molecule has 7 rings (SSSR count). The van der Waals surface area contributed by atoms with Crippen LogP contribution in [0.3, 0.4) is 0 Å². The van der Waals surface area contributed by atoms with E-state index in [1.807, 2.05) is 62.4 Å². The molecule has 0 unspecified atom stereocenters. The number of hydrogen-bond acceptors (Lipinski definition) is 10. The summed E-state index contributed by atoms with van der Waals surface area (Å²) in [6.07, 6.45) is 6.19. The van der Waals surface area contributed by atoms with Crippen LogP contribution in [0.1, 0.15) is 69.6 Å². The van der Waals surface area contributed by atoms with Crippen molar-refractivity contribution < 1.29 is 33.0 Å². The van der Waals surface area contributed by atoms with Gasteiger partial charge in [0, 0.05) is 72.4 Å². The molecule has 300 valence electrons. The average Bonchev–Trinajstić information content (AvgIpc) is 3.50. The number of aromatic nitrogens is 1. The summed E-state index contributed by atoms with van der Waals surface area (Å²) >= 11 is 0. The summed E-state index contributed by atoms with van der Waals surface area (Å²) in [6.45, 7) is 7.16. The number of anilines is 1. The van der Waals surface area contributed by atoms with Crippen LogP contribution in [0.25, 0.3) is 27.9 Å². The second kappa shape index (κ2) is 18.1. The molecule has 2 aliphatic heterocycles. The van der Waals surface area contributed by atoms with Crippen molar-refractivity contribution in [2.24, 2.45) is 0 Å². The predicted octanol–water partition coefficient (Wildman–Crippen LogP) is 6.41. The van der Waals surface area contributed by atoms with Gasteiger partial charge in [-0.2, -0.15) is 5.26 Å². The minimum absolute atomic E-state index is 0.0372. The van der Waals surface area contributed by atoms with E-state index in [0.29, 0.717) is 43.0 Å². The third-order valence-corrected chi connectivity index (χ3v) is 11.0. The highest BCUT2D eigenvalue weighted by atomic mass is 16.5. The summed E-state index contributed by atoms with van der Waals surface area (Å²) in [5.41, 5.74) is 7.36. The lowest BCUT2D eigenvalue weighted by Gasteiger charge is -2.37. The van der Waals surface area contributed by atoms with E-state index in [4.69, 9.17) is 18.6 Å². The number of nitrogens with one attached hydrogen (secondary N) is 1. The summed E-state index contributed by atoms with van der Waals surface area (Å²) in [5.74, 6) is -0.0819. The molecule has 0 fully saturated rings. The lowest BCUT2D eigenvalue weighted by molar-refractivity contribution is -0.119. The quantitative estimate of drug-likeness (QED) is 0.0514. The number of aryl methyl sites for hydroxylation is 3. The third kappa shape index (κ3) is 8.61. The van der Waals surface area contributed by atoms with Crippen molar-refractivity contribution >= 4 is 51.2 Å². The van der Waals surface area contributed by atoms with Gasteiger partial charge in [-0.15, -0.1) is 0 Å². The van der Waals surface area contributed by atoms with Crippen LogP contribution < -0.4 is 20.6 Å². The van der Waals surface area contributed by atoms with Crippen LogP contribution >= 0.6 is 0 Å². The molecule has 1 N–H and O–H groups in total. The van der Waals surface area contributed by atoms with E-state index < -0.39 is 11.5 Å². The van der Waals surface area contributed by atoms with E-state index >= 15 is 0 Å². The van der Waals surface area contributed by atoms with Gasteiger partial charge in [0.2, 0.25) is 0 Å². The molecule has 2 aromatic heterocycles. The molecule has 3 aromatic carbocycles. The van der Waals surface area contributed by atoms with Gasteiger partial charge in [0.25, 0.3) is 11.8 Å². The molecular weight excluding hydrogens is 737 g/mol. The Morgan fingerprint density at radius 3 is 2.47 bits per heavy atom. The number of methoxy groups -OCH3 is 1. The topological polar surface area (TPSA) is 153 Å². The highest BCUT2D eigenvalue weighted by Gasteiger charge is 2.27. The van der Waals surface area contributed by atoms with Crippen molar-refractivity contribution in [3.05, 3.63) is 110 Å². The molecule has 1 amide bonds. The number of carbonyl (C=O) groups is 3. The predicted molar refractivity (Wildman–Crippen MR) is 222 cm³/mol. The van der Waals surface area contributed by atoms with Crippen molar-refractivity contribution in [1.82, 2.24) is 9.88 Å². The first-order valence-electron chi connectivity index (χ1n) is 19.9. The van der Waals surface area contributed by atoms with Crippen LogP contribution in [-0.2, 0) is 38.3 Å². The molecule has 0 saturated heterocycles. The molecule has 0 aliphatic carbocycles. The van der Waals surface area contributed by atoms with Crippen LogP contribution in [-0.4, -0.2) is 75.3 Å². The lowest BCUT2D eigenvalue weighted by atomic mass is 9.90. The van der Waals surface area contributed by atoms with E-state index in [-0.39, 0.29) is 49.0 Å². The summed E-state index contributed by atoms with van der Waals surface area (Å²) in [6, 6.07) is 18.7. The zero-order valence-corrected chi connectivity index (χ0v) is 33.3. The zero-order chi connectivity index (χ0) is 40.8. The number of ketones is 1. The summed E-state index contributed by atoms with van der Waals surface area (Å²) in [4.78, 5) is 54.9. The van der Waals surface area contributed by atoms with Gasteiger partial charge in [-0.1, -0.05) is 17.7 Å². The number of nitrogens with zero attached hydrogens (tertiary/aromatic N) is 3. The van der Waals surface area contributed by atoms with Gasteiger partial charge in [0.15, 0.2) is 0 Å². The normalized spacial score (nSPS) is 13.7. The van der Waals surface area contributed by atoms with Crippen molar-refractivity contribution in [2.75, 3.05) is 58.1 Å². The molecule has 0 saturated carbocycles. The van der Waals surface area contributed by atoms with Crippen LogP contribution in [0.2, 0.25) is 0 Å². The van der Waals surface area contributed by atoms with E-state index in [0.717, 1.165) is 77.4 Å². The van der Waals surface area contributed by atoms with Crippen molar-refractivity contribution in [3.8, 4) is 11.8 Å². The molecule has 2 aliphatic rings. The number of Topliss-reactive ketones (excluding diaryl/α,β-unsaturated/α-hetero) is 1. The smallest absolute Gasteiger partial charge is 0.343 e. The Hall–Kier alpha value is -6.03. The summed E-state index contributed by atoms with van der Waals surface area (Å²) < 4.78 is 24.2. The molecule has 12 nitrogen and oxygen atoms in total. The van der Waals surface area contributed by atoms with Crippen LogP contribution in [0.4, 0.5) is 5.69 Å². The number of amides is 1. The molecule has 58 heavy (non-hydrogen) atoms. The Kier molecular flexibility index (Phi) is 12.5. The number of benzene rings is 3. The van der Waals surface area contributed by atoms with Crippen molar-refractivity contribution in [1.29, 1.82) is 5.26 Å². The van der Waals surface area contributed by atoms with E-state index in [1.165, 1.54) is 17.3 Å². The van der Waals surface area contributed by atoms with Crippen molar-refractivity contribution in [2.45, 2.75) is 58.8 Å². The molecule has 0 bridgehead atoms. The second-order valence-corrected chi connectivity index (χ2v) is 14.9. The Morgan fingerprint density at radius 1 is 0.948 bits per heavy atom. The minimum Gasteiger partial charge on any atom is -0.497 e. The average molecular weight is 785 g/mol. The highest BCUT2D eigenvalue weighted by molar-refractivity contribution is 6.05. The van der Waals surface area contributed by atoms with E-state index in [2.05, 4.69) is 16.3 Å². The van der Waals surface area contributed by atoms with Crippen LogP contribution in [0, 0.1) is 25.2 Å². The number of rotatable bonds is 16. The number of ether oxygens (including phenoxy) is 3. The van der Waals surface area contributed by atoms with Crippen LogP contribution in [0.5, 0.6) is 5.75 Å². The van der Waals surface area contributed by atoms with E-state index in [1.54, 1.807) is 17.7 Å². The molecule has 5 aromatic rings. The van der Waals surface area contributed by atoms with Crippen LogP contribution in [0.15, 0.2) is 69.4 Å². The maximum atomic E-state index is 13.6. The first-order valence-corrected chi connectivity index (χ1v) is 19.9. The monoisotopic (exact) mass is 784 g/mol. The first kappa shape index (κ1) is 40.2. The van der Waals surface area contributed by atoms with Gasteiger partial charge in [0.1, 0.15) is 28.8 Å². The Bertz CT molecular complexity index is 2500. The second-order valence-electron chi connectivity index (χ2n) is 14.9. The lowest BCUT2D eigenvalue weighted by Crippen LogP contribution is -2.34. The van der Waals surface area contributed by atoms with Gasteiger partial charge < -0.3 is 28.8 Å². The highest BCUT2D eigenvalue weighted by Crippen LogP contribution is 2.40. The van der Waals surface area contributed by atoms with Gasteiger partial charge >= 0.3 is 5.63 Å². The maximum absolute atomic E-state index is 13.6. The van der Waals surface area contributed by atoms with Crippen molar-refractivity contribution in [3.63, 3.8) is 0 Å². The number of fused-ring (bicyclic) bond motifs is 3.